The molecule has 0 saturated heterocycles. The predicted molar refractivity (Wildman–Crippen MR) is 60.6 cm³/mol. The van der Waals surface area contributed by atoms with Crippen LogP contribution in [-0.2, 0) is 9.53 Å². The smallest absolute Gasteiger partial charge is 0.311 e. The summed E-state index contributed by atoms with van der Waals surface area (Å²) in [6, 6.07) is 0. The summed E-state index contributed by atoms with van der Waals surface area (Å²) < 4.78 is 5.01. The average molecular weight is 216 g/mol. The minimum Gasteiger partial charge on any atom is -0.466 e. The van der Waals surface area contributed by atoms with Gasteiger partial charge in [-0.25, -0.2) is 0 Å². The second kappa shape index (κ2) is 7.69. The Bertz CT molecular complexity index is 176. The molecular formula is C12H24O3. The number of rotatable bonds is 8. The molecule has 0 aliphatic heterocycles. The summed E-state index contributed by atoms with van der Waals surface area (Å²) in [4.78, 5) is 11.5. The molecule has 0 heterocycles. The SMILES string of the molecule is CCOC(=O)C(C)(C)CCCCCCO. The maximum atomic E-state index is 11.5. The van der Waals surface area contributed by atoms with Crippen molar-refractivity contribution in [3.63, 3.8) is 0 Å². The lowest BCUT2D eigenvalue weighted by molar-refractivity contribution is -0.153. The van der Waals surface area contributed by atoms with E-state index in [9.17, 15) is 4.79 Å². The Kier molecular flexibility index (Phi) is 7.39. The van der Waals surface area contributed by atoms with E-state index in [0.717, 1.165) is 32.1 Å². The van der Waals surface area contributed by atoms with Gasteiger partial charge in [0, 0.05) is 6.61 Å². The van der Waals surface area contributed by atoms with Crippen LogP contribution in [0.1, 0.15) is 52.9 Å². The minimum atomic E-state index is -0.366. The number of carbonyl (C=O) groups is 1. The molecule has 90 valence electrons. The summed E-state index contributed by atoms with van der Waals surface area (Å²) >= 11 is 0. The molecule has 0 fully saturated rings. The van der Waals surface area contributed by atoms with Crippen LogP contribution >= 0.6 is 0 Å². The summed E-state index contributed by atoms with van der Waals surface area (Å²) in [5.41, 5.74) is -0.366. The second-order valence-corrected chi connectivity index (χ2v) is 4.49. The third kappa shape index (κ3) is 6.50. The van der Waals surface area contributed by atoms with Gasteiger partial charge >= 0.3 is 5.97 Å². The number of esters is 1. The molecule has 1 N–H and O–H groups in total. The summed E-state index contributed by atoms with van der Waals surface area (Å²) in [6.07, 6.45) is 4.85. The first-order valence-electron chi connectivity index (χ1n) is 5.82. The van der Waals surface area contributed by atoms with Gasteiger partial charge in [0.2, 0.25) is 0 Å². The van der Waals surface area contributed by atoms with E-state index in [1.807, 2.05) is 20.8 Å². The highest BCUT2D eigenvalue weighted by atomic mass is 16.5. The Balaban J connectivity index is 3.68. The number of ether oxygens (including phenoxy) is 1. The number of hydrogen-bond donors (Lipinski definition) is 1. The predicted octanol–water partition coefficient (Wildman–Crippen LogP) is 2.52. The molecule has 0 atom stereocenters. The van der Waals surface area contributed by atoms with Gasteiger partial charge in [-0.15, -0.1) is 0 Å². The summed E-state index contributed by atoms with van der Waals surface area (Å²) in [7, 11) is 0. The molecular weight excluding hydrogens is 192 g/mol. The van der Waals surface area contributed by atoms with Crippen LogP contribution in [0.2, 0.25) is 0 Å². The molecule has 0 rings (SSSR count). The van der Waals surface area contributed by atoms with Crippen molar-refractivity contribution >= 4 is 5.97 Å². The zero-order valence-electron chi connectivity index (χ0n) is 10.2. The van der Waals surface area contributed by atoms with Crippen LogP contribution in [0.5, 0.6) is 0 Å². The quantitative estimate of drug-likeness (QED) is 0.501. The lowest BCUT2D eigenvalue weighted by Gasteiger charge is -2.21. The van der Waals surface area contributed by atoms with Gasteiger partial charge in [-0.1, -0.05) is 19.3 Å². The van der Waals surface area contributed by atoms with Gasteiger partial charge in [0.1, 0.15) is 0 Å². The average Bonchev–Trinajstić information content (AvgIpc) is 2.18. The Labute approximate surface area is 92.8 Å². The number of aliphatic hydroxyl groups is 1. The summed E-state index contributed by atoms with van der Waals surface area (Å²) in [5, 5.41) is 8.61. The zero-order valence-corrected chi connectivity index (χ0v) is 10.2. The van der Waals surface area contributed by atoms with E-state index in [1.54, 1.807) is 0 Å². The maximum absolute atomic E-state index is 11.5. The van der Waals surface area contributed by atoms with Gasteiger partial charge < -0.3 is 9.84 Å². The summed E-state index contributed by atoms with van der Waals surface area (Å²) in [5.74, 6) is -0.104. The highest BCUT2D eigenvalue weighted by molar-refractivity contribution is 5.75. The largest absolute Gasteiger partial charge is 0.466 e. The lowest BCUT2D eigenvalue weighted by Crippen LogP contribution is -2.26. The van der Waals surface area contributed by atoms with Gasteiger partial charge in [0.15, 0.2) is 0 Å². The van der Waals surface area contributed by atoms with Crippen molar-refractivity contribution in [1.82, 2.24) is 0 Å². The molecule has 0 aliphatic rings. The van der Waals surface area contributed by atoms with E-state index < -0.39 is 0 Å². The molecule has 0 bridgehead atoms. The molecule has 3 heteroatoms. The summed E-state index contributed by atoms with van der Waals surface area (Å²) in [6.45, 7) is 6.40. The highest BCUT2D eigenvalue weighted by Crippen LogP contribution is 2.25. The van der Waals surface area contributed by atoms with Crippen molar-refractivity contribution in [2.75, 3.05) is 13.2 Å². The van der Waals surface area contributed by atoms with Gasteiger partial charge in [0.25, 0.3) is 0 Å². The van der Waals surface area contributed by atoms with E-state index in [-0.39, 0.29) is 18.0 Å². The van der Waals surface area contributed by atoms with Crippen molar-refractivity contribution in [3.8, 4) is 0 Å². The molecule has 15 heavy (non-hydrogen) atoms. The third-order valence-electron chi connectivity index (χ3n) is 2.54. The van der Waals surface area contributed by atoms with Gasteiger partial charge in [-0.2, -0.15) is 0 Å². The van der Waals surface area contributed by atoms with Gasteiger partial charge in [-0.05, 0) is 33.6 Å². The standard InChI is InChI=1S/C12H24O3/c1-4-15-11(14)12(2,3)9-7-5-6-8-10-13/h13H,4-10H2,1-3H3. The normalized spacial score (nSPS) is 11.5. The van der Waals surface area contributed by atoms with Crippen LogP contribution < -0.4 is 0 Å². The third-order valence-corrected chi connectivity index (χ3v) is 2.54. The highest BCUT2D eigenvalue weighted by Gasteiger charge is 2.28. The van der Waals surface area contributed by atoms with E-state index in [0.29, 0.717) is 6.61 Å². The van der Waals surface area contributed by atoms with Crippen LogP contribution in [0.25, 0.3) is 0 Å². The topological polar surface area (TPSA) is 46.5 Å². The molecule has 0 aromatic carbocycles. The molecule has 0 spiro atoms. The molecule has 0 unspecified atom stereocenters. The van der Waals surface area contributed by atoms with E-state index in [1.165, 1.54) is 0 Å². The Hall–Kier alpha value is -0.570. The maximum Gasteiger partial charge on any atom is 0.311 e. The first kappa shape index (κ1) is 14.4. The zero-order chi connectivity index (χ0) is 11.7. The molecule has 0 aromatic rings. The number of unbranched alkanes of at least 4 members (excludes halogenated alkanes) is 3. The van der Waals surface area contributed by atoms with Crippen LogP contribution in [-0.4, -0.2) is 24.3 Å². The van der Waals surface area contributed by atoms with Crippen molar-refractivity contribution in [3.05, 3.63) is 0 Å². The lowest BCUT2D eigenvalue weighted by atomic mass is 9.87. The molecule has 0 aliphatic carbocycles. The first-order valence-corrected chi connectivity index (χ1v) is 5.82. The monoisotopic (exact) mass is 216 g/mol. The fourth-order valence-corrected chi connectivity index (χ4v) is 1.46. The number of hydrogen-bond acceptors (Lipinski definition) is 3. The van der Waals surface area contributed by atoms with Crippen molar-refractivity contribution in [2.24, 2.45) is 5.41 Å². The van der Waals surface area contributed by atoms with E-state index >= 15 is 0 Å². The van der Waals surface area contributed by atoms with Crippen molar-refractivity contribution in [1.29, 1.82) is 0 Å². The van der Waals surface area contributed by atoms with Crippen LogP contribution in [0, 0.1) is 5.41 Å². The van der Waals surface area contributed by atoms with Crippen LogP contribution in [0.15, 0.2) is 0 Å². The minimum absolute atomic E-state index is 0.104. The molecule has 0 saturated carbocycles. The fraction of sp³-hybridized carbons (Fsp3) is 0.917. The number of aliphatic hydroxyl groups excluding tert-OH is 1. The van der Waals surface area contributed by atoms with Gasteiger partial charge in [0.05, 0.1) is 12.0 Å². The Morgan fingerprint density at radius 3 is 2.33 bits per heavy atom. The Morgan fingerprint density at radius 1 is 1.20 bits per heavy atom. The van der Waals surface area contributed by atoms with Crippen LogP contribution in [0.4, 0.5) is 0 Å². The first-order chi connectivity index (χ1) is 7.04. The van der Waals surface area contributed by atoms with Crippen LogP contribution in [0.3, 0.4) is 0 Å². The fourth-order valence-electron chi connectivity index (χ4n) is 1.46. The second-order valence-electron chi connectivity index (χ2n) is 4.49. The molecule has 0 amide bonds. The molecule has 0 aromatic heterocycles. The van der Waals surface area contributed by atoms with E-state index in [4.69, 9.17) is 9.84 Å². The molecule has 0 radical (unpaired) electrons. The Morgan fingerprint density at radius 2 is 1.80 bits per heavy atom. The van der Waals surface area contributed by atoms with E-state index in [2.05, 4.69) is 0 Å². The van der Waals surface area contributed by atoms with Crippen molar-refractivity contribution in [2.45, 2.75) is 52.9 Å². The van der Waals surface area contributed by atoms with Gasteiger partial charge in [-0.3, -0.25) is 4.79 Å². The molecule has 3 nitrogen and oxygen atoms in total. The van der Waals surface area contributed by atoms with Crippen molar-refractivity contribution < 1.29 is 14.6 Å². The number of carbonyl (C=O) groups excluding carboxylic acids is 1.